The molecule has 104 valence electrons. The van der Waals surface area contributed by atoms with Gasteiger partial charge in [0.2, 0.25) is 5.91 Å². The molecule has 1 saturated heterocycles. The first-order valence-corrected chi connectivity index (χ1v) is 6.96. The van der Waals surface area contributed by atoms with Crippen molar-refractivity contribution in [3.05, 3.63) is 12.4 Å². The van der Waals surface area contributed by atoms with Crippen LogP contribution in [0.2, 0.25) is 0 Å². The first kappa shape index (κ1) is 12.5. The van der Waals surface area contributed by atoms with Gasteiger partial charge in [-0.15, -0.1) is 0 Å². The zero-order valence-electron chi connectivity index (χ0n) is 11.0. The van der Waals surface area contributed by atoms with E-state index in [4.69, 9.17) is 4.74 Å². The summed E-state index contributed by atoms with van der Waals surface area (Å²) in [4.78, 5) is 11.6. The van der Waals surface area contributed by atoms with Gasteiger partial charge in [0.05, 0.1) is 18.5 Å². The van der Waals surface area contributed by atoms with Crippen molar-refractivity contribution in [1.29, 1.82) is 0 Å². The van der Waals surface area contributed by atoms with Gasteiger partial charge in [-0.2, -0.15) is 5.10 Å². The molecule has 2 heterocycles. The molecular weight excluding hydrogens is 244 g/mol. The van der Waals surface area contributed by atoms with Gasteiger partial charge in [0.25, 0.3) is 0 Å². The fraction of sp³-hybridized carbons (Fsp3) is 0.692. The topological polar surface area (TPSA) is 68.2 Å². The number of hydrogen-bond donors (Lipinski definition) is 2. The zero-order chi connectivity index (χ0) is 13.1. The summed E-state index contributed by atoms with van der Waals surface area (Å²) in [6.07, 6.45) is 8.07. The Bertz CT molecular complexity index is 436. The van der Waals surface area contributed by atoms with Crippen molar-refractivity contribution >= 4 is 11.6 Å². The van der Waals surface area contributed by atoms with E-state index in [0.717, 1.165) is 44.6 Å². The number of amides is 1. The highest BCUT2D eigenvalue weighted by Crippen LogP contribution is 2.18. The second-order valence-corrected chi connectivity index (χ2v) is 5.33. The number of hydrogen-bond acceptors (Lipinski definition) is 4. The summed E-state index contributed by atoms with van der Waals surface area (Å²) >= 11 is 0. The monoisotopic (exact) mass is 264 g/mol. The third kappa shape index (κ3) is 3.70. The van der Waals surface area contributed by atoms with E-state index in [-0.39, 0.29) is 5.91 Å². The third-order valence-corrected chi connectivity index (χ3v) is 3.41. The quantitative estimate of drug-likeness (QED) is 0.823. The Morgan fingerprint density at radius 1 is 1.42 bits per heavy atom. The van der Waals surface area contributed by atoms with Crippen LogP contribution in [-0.4, -0.2) is 41.0 Å². The van der Waals surface area contributed by atoms with Crippen LogP contribution in [-0.2, 0) is 16.1 Å². The van der Waals surface area contributed by atoms with Crippen LogP contribution in [0.25, 0.3) is 0 Å². The Kier molecular flexibility index (Phi) is 3.68. The summed E-state index contributed by atoms with van der Waals surface area (Å²) < 4.78 is 7.09. The molecule has 1 saturated carbocycles. The maximum absolute atomic E-state index is 11.6. The summed E-state index contributed by atoms with van der Waals surface area (Å²) in [5.41, 5.74) is 0.953. The molecular formula is C13H20N4O2. The zero-order valence-corrected chi connectivity index (χ0v) is 11.0. The van der Waals surface area contributed by atoms with E-state index in [1.807, 2.05) is 6.20 Å². The van der Waals surface area contributed by atoms with Gasteiger partial charge in [0, 0.05) is 24.9 Å². The van der Waals surface area contributed by atoms with Crippen LogP contribution in [0.5, 0.6) is 0 Å². The van der Waals surface area contributed by atoms with E-state index in [2.05, 4.69) is 15.7 Å². The van der Waals surface area contributed by atoms with Crippen LogP contribution in [0.3, 0.4) is 0 Å². The lowest BCUT2D eigenvalue weighted by atomic mass is 10.1. The summed E-state index contributed by atoms with van der Waals surface area (Å²) in [5.74, 6) is 0.0400. The smallest absolute Gasteiger partial charge is 0.241 e. The average molecular weight is 264 g/mol. The highest BCUT2D eigenvalue weighted by atomic mass is 16.5. The maximum Gasteiger partial charge on any atom is 0.241 e. The van der Waals surface area contributed by atoms with E-state index in [0.29, 0.717) is 18.6 Å². The van der Waals surface area contributed by atoms with Crippen LogP contribution < -0.4 is 10.6 Å². The molecule has 0 aromatic carbocycles. The Morgan fingerprint density at radius 2 is 2.32 bits per heavy atom. The number of carbonyl (C=O) groups is 1. The molecule has 1 aliphatic carbocycles. The molecule has 1 aromatic rings. The van der Waals surface area contributed by atoms with E-state index >= 15 is 0 Å². The van der Waals surface area contributed by atoms with Crippen molar-refractivity contribution in [2.24, 2.45) is 0 Å². The molecule has 6 heteroatoms. The second kappa shape index (κ2) is 5.61. The molecule has 19 heavy (non-hydrogen) atoms. The summed E-state index contributed by atoms with van der Waals surface area (Å²) in [6.45, 7) is 1.89. The molecule has 0 spiro atoms. The van der Waals surface area contributed by atoms with E-state index in [9.17, 15) is 4.79 Å². The van der Waals surface area contributed by atoms with Crippen LogP contribution in [0.1, 0.15) is 25.7 Å². The third-order valence-electron chi connectivity index (χ3n) is 3.41. The van der Waals surface area contributed by atoms with E-state index in [1.165, 1.54) is 0 Å². The minimum Gasteiger partial charge on any atom is -0.379 e. The van der Waals surface area contributed by atoms with Gasteiger partial charge in [0.15, 0.2) is 0 Å². The number of anilines is 1. The molecule has 0 radical (unpaired) electrons. The second-order valence-electron chi connectivity index (χ2n) is 5.33. The first-order chi connectivity index (χ1) is 9.29. The van der Waals surface area contributed by atoms with Gasteiger partial charge in [-0.3, -0.25) is 9.48 Å². The predicted octanol–water partition coefficient (Wildman–Crippen LogP) is 0.753. The van der Waals surface area contributed by atoms with E-state index in [1.54, 1.807) is 10.9 Å². The standard InChI is InChI=1S/C13H20N4O2/c18-13(16-10-3-4-10)8-17-7-12(6-14-17)15-11-2-1-5-19-9-11/h6-7,10-11,15H,1-5,8-9H2,(H,16,18). The molecule has 1 unspecified atom stereocenters. The molecule has 3 rings (SSSR count). The molecule has 2 aliphatic rings. The molecule has 2 N–H and O–H groups in total. The minimum atomic E-state index is 0.0400. The Hall–Kier alpha value is -1.56. The van der Waals surface area contributed by atoms with Gasteiger partial charge < -0.3 is 15.4 Å². The van der Waals surface area contributed by atoms with Crippen molar-refractivity contribution in [2.75, 3.05) is 18.5 Å². The first-order valence-electron chi connectivity index (χ1n) is 6.96. The van der Waals surface area contributed by atoms with Gasteiger partial charge >= 0.3 is 0 Å². The van der Waals surface area contributed by atoms with E-state index < -0.39 is 0 Å². The molecule has 1 aliphatic heterocycles. The molecule has 0 bridgehead atoms. The largest absolute Gasteiger partial charge is 0.379 e. The maximum atomic E-state index is 11.6. The molecule has 1 atom stereocenters. The summed E-state index contributed by atoms with van der Waals surface area (Å²) in [7, 11) is 0. The Balaban J connectivity index is 1.48. The van der Waals surface area contributed by atoms with Gasteiger partial charge in [-0.05, 0) is 25.7 Å². The van der Waals surface area contributed by atoms with Crippen molar-refractivity contribution in [1.82, 2.24) is 15.1 Å². The van der Waals surface area contributed by atoms with Crippen LogP contribution in [0.4, 0.5) is 5.69 Å². The fourth-order valence-corrected chi connectivity index (χ4v) is 2.26. The highest BCUT2D eigenvalue weighted by Gasteiger charge is 2.23. The lowest BCUT2D eigenvalue weighted by molar-refractivity contribution is -0.122. The highest BCUT2D eigenvalue weighted by molar-refractivity contribution is 5.76. The number of nitrogens with one attached hydrogen (secondary N) is 2. The van der Waals surface area contributed by atoms with Crippen molar-refractivity contribution in [3.63, 3.8) is 0 Å². The molecule has 2 fully saturated rings. The lowest BCUT2D eigenvalue weighted by Gasteiger charge is -2.23. The number of ether oxygens (including phenoxy) is 1. The number of nitrogens with zero attached hydrogens (tertiary/aromatic N) is 2. The fourth-order valence-electron chi connectivity index (χ4n) is 2.26. The Morgan fingerprint density at radius 3 is 3.05 bits per heavy atom. The minimum absolute atomic E-state index is 0.0400. The Labute approximate surface area is 112 Å². The molecule has 1 amide bonds. The van der Waals surface area contributed by atoms with Crippen LogP contribution in [0, 0.1) is 0 Å². The number of rotatable bonds is 5. The normalized spacial score (nSPS) is 23.1. The van der Waals surface area contributed by atoms with Crippen LogP contribution in [0.15, 0.2) is 12.4 Å². The number of carbonyl (C=O) groups excluding carboxylic acids is 1. The van der Waals surface area contributed by atoms with Crippen molar-refractivity contribution in [3.8, 4) is 0 Å². The summed E-state index contributed by atoms with van der Waals surface area (Å²) in [5, 5.41) is 10.5. The van der Waals surface area contributed by atoms with Crippen molar-refractivity contribution < 1.29 is 9.53 Å². The van der Waals surface area contributed by atoms with Gasteiger partial charge in [-0.25, -0.2) is 0 Å². The SMILES string of the molecule is O=C(Cn1cc(NC2CCCOC2)cn1)NC1CC1. The average Bonchev–Trinajstić information content (AvgIpc) is 3.11. The predicted molar refractivity (Wildman–Crippen MR) is 70.9 cm³/mol. The summed E-state index contributed by atoms with van der Waals surface area (Å²) in [6, 6.07) is 0.756. The van der Waals surface area contributed by atoms with Crippen LogP contribution >= 0.6 is 0 Å². The molecule has 6 nitrogen and oxygen atoms in total. The van der Waals surface area contributed by atoms with Gasteiger partial charge in [0.1, 0.15) is 6.54 Å². The molecule has 1 aromatic heterocycles. The number of aromatic nitrogens is 2. The van der Waals surface area contributed by atoms with Crippen molar-refractivity contribution in [2.45, 2.75) is 44.3 Å². The van der Waals surface area contributed by atoms with Gasteiger partial charge in [-0.1, -0.05) is 0 Å². The lowest BCUT2D eigenvalue weighted by Crippen LogP contribution is -2.30.